The highest BCUT2D eigenvalue weighted by Gasteiger charge is 1.99. The number of aromatic nitrogens is 1. The second kappa shape index (κ2) is 3.71. The lowest BCUT2D eigenvalue weighted by molar-refractivity contribution is 0.958. The molecule has 0 unspecified atom stereocenters. The Labute approximate surface area is 82.4 Å². The van der Waals surface area contributed by atoms with E-state index in [0.29, 0.717) is 0 Å². The fourth-order valence-electron chi connectivity index (χ4n) is 1.33. The Morgan fingerprint density at radius 2 is 1.77 bits per heavy atom. The lowest BCUT2D eigenvalue weighted by Gasteiger charge is -2.05. The van der Waals surface area contributed by atoms with Crippen LogP contribution in [0.15, 0.2) is 53.7 Å². The number of rotatable bonds is 2. The van der Waals surface area contributed by atoms with Crippen LogP contribution in [0.1, 0.15) is 0 Å². The topological polar surface area (TPSA) is 4.93 Å². The highest BCUT2D eigenvalue weighted by molar-refractivity contribution is 7.98. The van der Waals surface area contributed by atoms with Crippen LogP contribution >= 0.6 is 11.8 Å². The largest absolute Gasteiger partial charge is 0.312 e. The van der Waals surface area contributed by atoms with Gasteiger partial charge < -0.3 is 4.57 Å². The third kappa shape index (κ3) is 1.63. The van der Waals surface area contributed by atoms with Crippen LogP contribution in [0.5, 0.6) is 0 Å². The van der Waals surface area contributed by atoms with Crippen LogP contribution in [0.4, 0.5) is 0 Å². The number of hydrogen-bond acceptors (Lipinski definition) is 1. The van der Waals surface area contributed by atoms with E-state index in [-0.39, 0.29) is 0 Å². The van der Waals surface area contributed by atoms with Gasteiger partial charge >= 0.3 is 0 Å². The van der Waals surface area contributed by atoms with Gasteiger partial charge in [0, 0.05) is 11.9 Å². The minimum Gasteiger partial charge on any atom is -0.312 e. The summed E-state index contributed by atoms with van der Waals surface area (Å²) in [6.07, 6.45) is 4.18. The standard InChI is InChI=1S/C11H11NS/c1-13-11-8-5-9-12(11)10-6-3-2-4-7-10/h2-9H,1H3. The minimum atomic E-state index is 1.22. The van der Waals surface area contributed by atoms with Crippen LogP contribution < -0.4 is 0 Å². The molecule has 0 fully saturated rings. The SMILES string of the molecule is CSc1cccn1-c1ccccc1. The molecule has 13 heavy (non-hydrogen) atoms. The smallest absolute Gasteiger partial charge is 0.0791 e. The summed E-state index contributed by atoms with van der Waals surface area (Å²) in [5.74, 6) is 0. The summed E-state index contributed by atoms with van der Waals surface area (Å²) >= 11 is 1.76. The first-order chi connectivity index (χ1) is 6.42. The average molecular weight is 189 g/mol. The molecule has 0 radical (unpaired) electrons. The first-order valence-corrected chi connectivity index (χ1v) is 5.41. The molecule has 1 nitrogen and oxygen atoms in total. The van der Waals surface area contributed by atoms with Crippen LogP contribution in [0, 0.1) is 0 Å². The molecule has 1 aromatic heterocycles. The monoisotopic (exact) mass is 189 g/mol. The number of hydrogen-bond donors (Lipinski definition) is 0. The van der Waals surface area contributed by atoms with Crippen molar-refractivity contribution in [1.82, 2.24) is 4.57 Å². The fraction of sp³-hybridized carbons (Fsp3) is 0.0909. The lowest BCUT2D eigenvalue weighted by Crippen LogP contribution is -1.91. The van der Waals surface area contributed by atoms with Crippen LogP contribution in [-0.4, -0.2) is 10.8 Å². The zero-order chi connectivity index (χ0) is 9.10. The van der Waals surface area contributed by atoms with E-state index in [1.54, 1.807) is 11.8 Å². The van der Waals surface area contributed by atoms with E-state index in [1.165, 1.54) is 10.7 Å². The van der Waals surface area contributed by atoms with Crippen molar-refractivity contribution in [3.05, 3.63) is 48.7 Å². The van der Waals surface area contributed by atoms with Crippen molar-refractivity contribution in [2.45, 2.75) is 5.03 Å². The summed E-state index contributed by atoms with van der Waals surface area (Å²) in [7, 11) is 0. The quantitative estimate of drug-likeness (QED) is 0.657. The Morgan fingerprint density at radius 1 is 1.00 bits per heavy atom. The molecule has 0 spiro atoms. The van der Waals surface area contributed by atoms with Crippen molar-refractivity contribution in [3.8, 4) is 5.69 Å². The van der Waals surface area contributed by atoms with Gasteiger partial charge in [0.05, 0.1) is 5.03 Å². The second-order valence-corrected chi connectivity index (χ2v) is 3.58. The summed E-state index contributed by atoms with van der Waals surface area (Å²) in [6.45, 7) is 0. The first-order valence-electron chi connectivity index (χ1n) is 4.18. The van der Waals surface area contributed by atoms with E-state index < -0.39 is 0 Å². The van der Waals surface area contributed by atoms with Gasteiger partial charge in [-0.1, -0.05) is 18.2 Å². The van der Waals surface area contributed by atoms with Crippen LogP contribution in [0.2, 0.25) is 0 Å². The molecule has 0 atom stereocenters. The zero-order valence-electron chi connectivity index (χ0n) is 7.47. The van der Waals surface area contributed by atoms with Crippen LogP contribution in [0.25, 0.3) is 5.69 Å². The highest BCUT2D eigenvalue weighted by Crippen LogP contribution is 2.19. The van der Waals surface area contributed by atoms with E-state index in [0.717, 1.165) is 0 Å². The Kier molecular flexibility index (Phi) is 2.41. The predicted octanol–water partition coefficient (Wildman–Crippen LogP) is 3.20. The predicted molar refractivity (Wildman–Crippen MR) is 57.6 cm³/mol. The molecule has 0 aliphatic carbocycles. The Bertz CT molecular complexity index is 378. The molecule has 0 N–H and O–H groups in total. The normalized spacial score (nSPS) is 10.2. The molecule has 0 saturated carbocycles. The van der Waals surface area contributed by atoms with Crippen molar-refractivity contribution in [2.24, 2.45) is 0 Å². The Balaban J connectivity index is 2.47. The molecule has 1 heterocycles. The van der Waals surface area contributed by atoms with Gasteiger partial charge in [0.1, 0.15) is 0 Å². The molecular weight excluding hydrogens is 178 g/mol. The number of thioether (sulfide) groups is 1. The molecule has 0 aliphatic heterocycles. The van der Waals surface area contributed by atoms with E-state index in [4.69, 9.17) is 0 Å². The van der Waals surface area contributed by atoms with Crippen molar-refractivity contribution < 1.29 is 0 Å². The van der Waals surface area contributed by atoms with Crippen molar-refractivity contribution in [3.63, 3.8) is 0 Å². The molecule has 2 aromatic rings. The lowest BCUT2D eigenvalue weighted by atomic mass is 10.3. The molecule has 66 valence electrons. The van der Waals surface area contributed by atoms with Gasteiger partial charge in [-0.25, -0.2) is 0 Å². The third-order valence-corrected chi connectivity index (χ3v) is 2.71. The summed E-state index contributed by atoms with van der Waals surface area (Å²) in [5.41, 5.74) is 1.22. The summed E-state index contributed by atoms with van der Waals surface area (Å²) in [5, 5.41) is 1.27. The van der Waals surface area contributed by atoms with Crippen molar-refractivity contribution in [1.29, 1.82) is 0 Å². The summed E-state index contributed by atoms with van der Waals surface area (Å²) < 4.78 is 2.19. The van der Waals surface area contributed by atoms with Gasteiger partial charge in [0.15, 0.2) is 0 Å². The minimum absolute atomic E-state index is 1.22. The molecule has 0 bridgehead atoms. The summed E-state index contributed by atoms with van der Waals surface area (Å²) in [4.78, 5) is 0. The highest BCUT2D eigenvalue weighted by atomic mass is 32.2. The maximum atomic E-state index is 2.19. The van der Waals surface area contributed by atoms with Crippen LogP contribution in [-0.2, 0) is 0 Å². The van der Waals surface area contributed by atoms with Gasteiger partial charge in [-0.15, -0.1) is 11.8 Å². The van der Waals surface area contributed by atoms with Gasteiger partial charge in [0.2, 0.25) is 0 Å². The second-order valence-electron chi connectivity index (χ2n) is 2.76. The third-order valence-electron chi connectivity index (χ3n) is 1.95. The van der Waals surface area contributed by atoms with Gasteiger partial charge in [0.25, 0.3) is 0 Å². The molecular formula is C11H11NS. The van der Waals surface area contributed by atoms with Crippen molar-refractivity contribution >= 4 is 11.8 Å². The number of benzene rings is 1. The van der Waals surface area contributed by atoms with Gasteiger partial charge in [-0.05, 0) is 30.5 Å². The maximum absolute atomic E-state index is 2.19. The summed E-state index contributed by atoms with van der Waals surface area (Å²) in [6, 6.07) is 14.6. The number of para-hydroxylation sites is 1. The zero-order valence-corrected chi connectivity index (χ0v) is 8.29. The Hall–Kier alpha value is -1.15. The van der Waals surface area contributed by atoms with E-state index in [2.05, 4.69) is 53.4 Å². The average Bonchev–Trinajstić information content (AvgIpc) is 2.67. The van der Waals surface area contributed by atoms with Crippen molar-refractivity contribution in [2.75, 3.05) is 6.26 Å². The maximum Gasteiger partial charge on any atom is 0.0791 e. The number of nitrogens with zero attached hydrogens (tertiary/aromatic N) is 1. The van der Waals surface area contributed by atoms with E-state index >= 15 is 0 Å². The molecule has 2 rings (SSSR count). The first kappa shape index (κ1) is 8.45. The van der Waals surface area contributed by atoms with Gasteiger partial charge in [-0.2, -0.15) is 0 Å². The Morgan fingerprint density at radius 3 is 2.46 bits per heavy atom. The molecule has 1 aromatic carbocycles. The molecule has 0 aliphatic rings. The molecule has 0 amide bonds. The molecule has 0 saturated heterocycles. The van der Waals surface area contributed by atoms with E-state index in [9.17, 15) is 0 Å². The molecule has 2 heteroatoms. The fourth-order valence-corrected chi connectivity index (χ4v) is 1.91. The van der Waals surface area contributed by atoms with Crippen LogP contribution in [0.3, 0.4) is 0 Å². The van der Waals surface area contributed by atoms with Gasteiger partial charge in [-0.3, -0.25) is 0 Å². The van der Waals surface area contributed by atoms with E-state index in [1.807, 2.05) is 6.07 Å².